The molecule has 3 rings (SSSR count). The molecule has 2 aromatic carbocycles. The van der Waals surface area contributed by atoms with Crippen LogP contribution in [-0.2, 0) is 21.4 Å². The Hall–Kier alpha value is -2.50. The number of nitrogens with one attached hydrogen (secondary N) is 1. The van der Waals surface area contributed by atoms with Crippen LogP contribution < -0.4 is 14.8 Å². The minimum Gasteiger partial charge on any atom is -0.487 e. The van der Waals surface area contributed by atoms with Gasteiger partial charge in [-0.05, 0) is 62.3 Å². The monoisotopic (exact) mass is 531 g/mol. The fraction of sp³-hybridized carbons (Fsp3) is 0.448. The zero-order valence-electron chi connectivity index (χ0n) is 21.7. The van der Waals surface area contributed by atoms with Gasteiger partial charge in [0.1, 0.15) is 23.9 Å². The van der Waals surface area contributed by atoms with Gasteiger partial charge in [-0.1, -0.05) is 56.1 Å². The van der Waals surface area contributed by atoms with Gasteiger partial charge in [-0.25, -0.2) is 0 Å². The molecule has 0 aliphatic heterocycles. The summed E-state index contributed by atoms with van der Waals surface area (Å²) in [4.78, 5) is 24.7. The van der Waals surface area contributed by atoms with Crippen molar-refractivity contribution in [3.63, 3.8) is 0 Å². The molecule has 1 unspecified atom stereocenters. The first kappa shape index (κ1) is 28.1. The number of amides is 1. The molecular weight excluding hydrogens is 497 g/mol. The molecule has 0 heterocycles. The van der Waals surface area contributed by atoms with Crippen LogP contribution in [0.15, 0.2) is 36.0 Å². The summed E-state index contributed by atoms with van der Waals surface area (Å²) in [5.74, 6) is 1.65. The molecule has 1 N–H and O–H groups in total. The number of Topliss-reactive ketones (excluding diaryl/α,β-unsaturated/α-hetero) is 1. The van der Waals surface area contributed by atoms with Gasteiger partial charge in [0.25, 0.3) is 0 Å². The highest BCUT2D eigenvalue weighted by molar-refractivity contribution is 6.37. The van der Waals surface area contributed by atoms with Crippen molar-refractivity contribution in [2.75, 3.05) is 6.61 Å². The van der Waals surface area contributed by atoms with Gasteiger partial charge >= 0.3 is 0 Å². The van der Waals surface area contributed by atoms with E-state index in [2.05, 4.69) is 5.32 Å². The fourth-order valence-corrected chi connectivity index (χ4v) is 5.46. The Balaban J connectivity index is 1.87. The zero-order chi connectivity index (χ0) is 26.5. The number of hydrogen-bond acceptors (Lipinski definition) is 4. The number of halogens is 2. The molecule has 0 spiro atoms. The van der Waals surface area contributed by atoms with Crippen molar-refractivity contribution < 1.29 is 19.1 Å². The number of hydrogen-bond donors (Lipinski definition) is 1. The minimum absolute atomic E-state index is 0.0729. The van der Waals surface area contributed by atoms with Gasteiger partial charge in [-0.2, -0.15) is 0 Å². The molecule has 0 radical (unpaired) electrons. The molecule has 1 aliphatic rings. The first-order chi connectivity index (χ1) is 17.1. The average Bonchev–Trinajstić information content (AvgIpc) is 2.85. The average molecular weight is 533 g/mol. The van der Waals surface area contributed by atoms with E-state index in [1.807, 2.05) is 45.9 Å². The lowest BCUT2D eigenvalue weighted by molar-refractivity contribution is -0.124. The number of ketones is 1. The Bertz CT molecular complexity index is 1150. The summed E-state index contributed by atoms with van der Waals surface area (Å²) >= 11 is 13.2. The molecule has 5 nitrogen and oxygen atoms in total. The molecule has 0 saturated carbocycles. The molecule has 0 fully saturated rings. The summed E-state index contributed by atoms with van der Waals surface area (Å²) in [6, 6.07) is 7.22. The summed E-state index contributed by atoms with van der Waals surface area (Å²) in [6.07, 6.45) is 6.12. The fourth-order valence-electron chi connectivity index (χ4n) is 4.92. The van der Waals surface area contributed by atoms with E-state index in [4.69, 9.17) is 32.7 Å². The van der Waals surface area contributed by atoms with Gasteiger partial charge < -0.3 is 14.8 Å². The Kier molecular flexibility index (Phi) is 9.48. The Morgan fingerprint density at radius 3 is 2.42 bits per heavy atom. The van der Waals surface area contributed by atoms with Crippen LogP contribution in [0.4, 0.5) is 0 Å². The van der Waals surface area contributed by atoms with Crippen LogP contribution in [0.25, 0.3) is 0 Å². The second kappa shape index (κ2) is 12.2. The number of aryl methyl sites for hydroxylation is 1. The maximum absolute atomic E-state index is 12.9. The lowest BCUT2D eigenvalue weighted by Gasteiger charge is -2.37. The van der Waals surface area contributed by atoms with E-state index in [0.29, 0.717) is 45.8 Å². The zero-order valence-corrected chi connectivity index (χ0v) is 23.2. The van der Waals surface area contributed by atoms with Crippen LogP contribution in [-0.4, -0.2) is 18.3 Å². The van der Waals surface area contributed by atoms with Crippen molar-refractivity contribution >= 4 is 34.9 Å². The van der Waals surface area contributed by atoms with Crippen LogP contribution in [0, 0.1) is 6.92 Å². The first-order valence-corrected chi connectivity index (χ1v) is 13.3. The summed E-state index contributed by atoms with van der Waals surface area (Å²) in [5.41, 5.74) is 3.36. The SMILES string of the molecule is CC/C=C(\COc1cc(Cl)c(Oc2ccc(C)c3c2CCCC3(C)C(=O)CC)c(Cl)c1)NC(=O)CC. The van der Waals surface area contributed by atoms with Gasteiger partial charge in [0.05, 0.1) is 21.2 Å². The van der Waals surface area contributed by atoms with E-state index in [0.717, 1.165) is 42.4 Å². The molecule has 7 heteroatoms. The molecule has 0 saturated heterocycles. The van der Waals surface area contributed by atoms with Gasteiger partial charge in [-0.15, -0.1) is 0 Å². The topological polar surface area (TPSA) is 64.6 Å². The quantitative estimate of drug-likeness (QED) is 0.338. The van der Waals surface area contributed by atoms with Gasteiger partial charge in [0, 0.05) is 25.0 Å². The van der Waals surface area contributed by atoms with Crippen LogP contribution in [0.1, 0.15) is 76.5 Å². The van der Waals surface area contributed by atoms with Crippen LogP contribution >= 0.6 is 23.2 Å². The third-order valence-electron chi connectivity index (χ3n) is 6.72. The smallest absolute Gasteiger partial charge is 0.223 e. The van der Waals surface area contributed by atoms with E-state index in [-0.39, 0.29) is 18.3 Å². The maximum Gasteiger partial charge on any atom is 0.223 e. The standard InChI is InChI=1S/C29H35Cl2NO4/c1-6-10-19(32-26(34)8-3)17-35-20-15-22(30)28(23(31)16-20)36-24-13-12-18(4)27-21(24)11-9-14-29(27,5)25(33)7-2/h10,12-13,15-16H,6-9,11,14,17H2,1-5H3,(H,32,34)/b19-10+. The van der Waals surface area contributed by atoms with Crippen LogP contribution in [0.5, 0.6) is 17.2 Å². The van der Waals surface area contributed by atoms with E-state index >= 15 is 0 Å². The number of fused-ring (bicyclic) bond motifs is 1. The Labute approximate surface area is 224 Å². The molecule has 1 aliphatic carbocycles. The summed E-state index contributed by atoms with van der Waals surface area (Å²) in [6.45, 7) is 9.98. The van der Waals surface area contributed by atoms with Crippen molar-refractivity contribution in [2.24, 2.45) is 0 Å². The summed E-state index contributed by atoms with van der Waals surface area (Å²) in [5, 5.41) is 3.47. The van der Waals surface area contributed by atoms with E-state index < -0.39 is 5.41 Å². The highest BCUT2D eigenvalue weighted by Crippen LogP contribution is 2.47. The number of carbonyl (C=O) groups is 2. The van der Waals surface area contributed by atoms with E-state index in [1.165, 1.54) is 0 Å². The summed E-state index contributed by atoms with van der Waals surface area (Å²) < 4.78 is 12.1. The van der Waals surface area contributed by atoms with Crippen LogP contribution in [0.3, 0.4) is 0 Å². The number of carbonyl (C=O) groups excluding carboxylic acids is 2. The largest absolute Gasteiger partial charge is 0.487 e. The Morgan fingerprint density at radius 2 is 1.81 bits per heavy atom. The van der Waals surface area contributed by atoms with Crippen molar-refractivity contribution in [1.82, 2.24) is 5.32 Å². The van der Waals surface area contributed by atoms with Crippen molar-refractivity contribution in [2.45, 2.75) is 78.6 Å². The van der Waals surface area contributed by atoms with Crippen molar-refractivity contribution in [3.8, 4) is 17.2 Å². The molecule has 0 bridgehead atoms. The number of rotatable bonds is 10. The second-order valence-electron chi connectivity index (χ2n) is 9.34. The second-order valence-corrected chi connectivity index (χ2v) is 10.2. The third kappa shape index (κ3) is 6.07. The first-order valence-electron chi connectivity index (χ1n) is 12.6. The predicted molar refractivity (Wildman–Crippen MR) is 146 cm³/mol. The molecule has 1 atom stereocenters. The van der Waals surface area contributed by atoms with Crippen molar-refractivity contribution in [1.29, 1.82) is 0 Å². The minimum atomic E-state index is -0.520. The lowest BCUT2D eigenvalue weighted by Crippen LogP contribution is -2.36. The highest BCUT2D eigenvalue weighted by Gasteiger charge is 2.40. The lowest BCUT2D eigenvalue weighted by atomic mass is 9.66. The van der Waals surface area contributed by atoms with Crippen molar-refractivity contribution in [3.05, 3.63) is 62.8 Å². The Morgan fingerprint density at radius 1 is 1.11 bits per heavy atom. The molecule has 1 amide bonds. The molecule has 0 aromatic heterocycles. The molecular formula is C29H35Cl2NO4. The number of ether oxygens (including phenoxy) is 2. The van der Waals surface area contributed by atoms with Gasteiger partial charge in [-0.3, -0.25) is 9.59 Å². The normalized spacial score (nSPS) is 17.4. The van der Waals surface area contributed by atoms with E-state index in [1.54, 1.807) is 19.1 Å². The predicted octanol–water partition coefficient (Wildman–Crippen LogP) is 7.87. The number of benzene rings is 2. The third-order valence-corrected chi connectivity index (χ3v) is 7.28. The van der Waals surface area contributed by atoms with Crippen LogP contribution in [0.2, 0.25) is 10.0 Å². The molecule has 194 valence electrons. The number of allylic oxidation sites excluding steroid dienone is 1. The molecule has 36 heavy (non-hydrogen) atoms. The highest BCUT2D eigenvalue weighted by atomic mass is 35.5. The van der Waals surface area contributed by atoms with Gasteiger partial charge in [0.2, 0.25) is 5.91 Å². The van der Waals surface area contributed by atoms with Gasteiger partial charge in [0.15, 0.2) is 5.75 Å². The molecule has 2 aromatic rings. The van der Waals surface area contributed by atoms with E-state index in [9.17, 15) is 9.59 Å². The maximum atomic E-state index is 12.9. The summed E-state index contributed by atoms with van der Waals surface area (Å²) in [7, 11) is 0.